The Bertz CT molecular complexity index is 171. The Kier molecular flexibility index (Phi) is 25.7. The molecule has 0 aliphatic heterocycles. The van der Waals surface area contributed by atoms with Gasteiger partial charge in [-0.2, -0.15) is 0 Å². The minimum atomic E-state index is -0.750. The molecule has 0 fully saturated rings. The second-order valence-electron chi connectivity index (χ2n) is 10.6. The first-order chi connectivity index (χ1) is 10.0. The van der Waals surface area contributed by atoms with E-state index in [0.29, 0.717) is 0 Å². The topological polar surface area (TPSA) is 115 Å². The maximum Gasteiger partial charge on any atom is 5.00 e. The minimum Gasteiger partial charge on any atom is -0.850 e. The fourth-order valence-corrected chi connectivity index (χ4v) is 0. The summed E-state index contributed by atoms with van der Waals surface area (Å²) in [5.41, 5.74) is -3.75. The van der Waals surface area contributed by atoms with Crippen molar-refractivity contribution < 1.29 is 44.1 Å². The smallest absolute Gasteiger partial charge is 0.850 e. The third-order valence-corrected chi connectivity index (χ3v) is 0. The zero-order valence-corrected chi connectivity index (χ0v) is 21.4. The first-order valence-electron chi connectivity index (χ1n) is 8.52. The van der Waals surface area contributed by atoms with E-state index >= 15 is 0 Å². The molecule has 6 heteroatoms. The quantitative estimate of drug-likeness (QED) is 0.577. The Morgan fingerprint density at radius 2 is 0.269 bits per heavy atom. The molecule has 0 aliphatic rings. The van der Waals surface area contributed by atoms with Gasteiger partial charge in [0.25, 0.3) is 0 Å². The van der Waals surface area contributed by atoms with E-state index in [0.717, 1.165) is 0 Å². The van der Waals surface area contributed by atoms with E-state index in [4.69, 9.17) is 0 Å². The van der Waals surface area contributed by atoms with Crippen LogP contribution in [0, 0.1) is 0 Å². The first-order valence-corrected chi connectivity index (χ1v) is 8.52. The van der Waals surface area contributed by atoms with Crippen LogP contribution in [0.2, 0.25) is 0 Å². The fraction of sp³-hybridized carbons (Fsp3) is 1.00. The van der Waals surface area contributed by atoms with Gasteiger partial charge in [-0.3, -0.25) is 0 Å². The van der Waals surface area contributed by atoms with Gasteiger partial charge in [-0.05, 0) is 0 Å². The average molecular weight is 417 g/mol. The summed E-state index contributed by atoms with van der Waals surface area (Å²) < 4.78 is 0. The number of hydrogen-bond donors (Lipinski definition) is 0. The molecule has 160 valence electrons. The van der Waals surface area contributed by atoms with E-state index in [9.17, 15) is 25.5 Å². The molecule has 0 saturated heterocycles. The summed E-state index contributed by atoms with van der Waals surface area (Å²) in [7, 11) is 0. The molecule has 0 aromatic rings. The summed E-state index contributed by atoms with van der Waals surface area (Å²) in [6.07, 6.45) is 0. The van der Waals surface area contributed by atoms with Gasteiger partial charge >= 0.3 is 18.6 Å². The molecule has 0 heterocycles. The van der Waals surface area contributed by atoms with Crippen LogP contribution in [0.25, 0.3) is 0 Å². The molecule has 0 N–H and O–H groups in total. The zero-order chi connectivity index (χ0) is 22.5. The maximum absolute atomic E-state index is 10.1. The van der Waals surface area contributed by atoms with E-state index in [2.05, 4.69) is 0 Å². The molecule has 0 unspecified atom stereocenters. The fourth-order valence-electron chi connectivity index (χ4n) is 0. The van der Waals surface area contributed by atoms with Crippen LogP contribution in [-0.2, 0) is 18.6 Å². The molecule has 0 bridgehead atoms. The summed E-state index contributed by atoms with van der Waals surface area (Å²) in [6, 6.07) is 0. The molecule has 0 aromatic carbocycles. The van der Waals surface area contributed by atoms with Crippen LogP contribution in [0.5, 0.6) is 0 Å². The van der Waals surface area contributed by atoms with Crippen molar-refractivity contribution in [2.75, 3.05) is 0 Å². The maximum atomic E-state index is 10.1. The normalized spacial score (nSPS) is 11.5. The summed E-state index contributed by atoms with van der Waals surface area (Å²) in [6.45, 7) is 24.5. The molecular weight excluding hydrogens is 371 g/mol. The molecule has 26 heavy (non-hydrogen) atoms. The Balaban J connectivity index is -0.0000000476. The van der Waals surface area contributed by atoms with Crippen LogP contribution in [0.15, 0.2) is 0 Å². The first kappa shape index (κ1) is 40.9. The van der Waals surface area contributed by atoms with E-state index in [1.165, 1.54) is 0 Å². The van der Waals surface area contributed by atoms with Gasteiger partial charge in [0, 0.05) is 0 Å². The zero-order valence-electron chi connectivity index (χ0n) is 20.0. The van der Waals surface area contributed by atoms with E-state index in [-0.39, 0.29) is 18.6 Å². The molecule has 0 radical (unpaired) electrons. The predicted octanol–water partition coefficient (Wildman–Crippen LogP) is 0.724. The van der Waals surface area contributed by atoms with E-state index < -0.39 is 28.0 Å². The summed E-state index contributed by atoms with van der Waals surface area (Å²) in [5, 5.41) is 50.5. The Hall–Kier alpha value is 0.384. The molecule has 0 aromatic heterocycles. The van der Waals surface area contributed by atoms with Crippen LogP contribution >= 0.6 is 0 Å². The minimum absolute atomic E-state index is 0. The van der Waals surface area contributed by atoms with Gasteiger partial charge in [0.1, 0.15) is 0 Å². The number of hydrogen-bond acceptors (Lipinski definition) is 5. The van der Waals surface area contributed by atoms with Crippen molar-refractivity contribution in [2.45, 2.75) is 132 Å². The van der Waals surface area contributed by atoms with Crippen LogP contribution < -0.4 is 25.5 Å². The molecular formula is C20H45O5V. The van der Waals surface area contributed by atoms with Gasteiger partial charge in [-0.15, -0.1) is 28.0 Å². The third kappa shape index (κ3) is 90200. The van der Waals surface area contributed by atoms with Gasteiger partial charge in [0.2, 0.25) is 0 Å². The third-order valence-electron chi connectivity index (χ3n) is 0. The van der Waals surface area contributed by atoms with Gasteiger partial charge in [0.15, 0.2) is 0 Å². The van der Waals surface area contributed by atoms with Crippen molar-refractivity contribution in [1.29, 1.82) is 0 Å². The van der Waals surface area contributed by atoms with Crippen molar-refractivity contribution >= 4 is 0 Å². The van der Waals surface area contributed by atoms with Crippen molar-refractivity contribution in [1.82, 2.24) is 0 Å². The van der Waals surface area contributed by atoms with Crippen molar-refractivity contribution in [3.63, 3.8) is 0 Å². The SMILES string of the molecule is CC(C)(C)[O-].CC(C)(C)[O-].CC(C)(C)[O-].CC(C)(C)[O-].CC(C)(C)[O-].[V+5]. The second kappa shape index (κ2) is 16.3. The molecule has 0 aliphatic carbocycles. The monoisotopic (exact) mass is 416 g/mol. The van der Waals surface area contributed by atoms with Crippen LogP contribution in [0.1, 0.15) is 104 Å². The Morgan fingerprint density at radius 1 is 0.269 bits per heavy atom. The molecule has 0 spiro atoms. The van der Waals surface area contributed by atoms with Crippen molar-refractivity contribution in [3.8, 4) is 0 Å². The Labute approximate surface area is 176 Å². The molecule has 0 amide bonds. The summed E-state index contributed by atoms with van der Waals surface area (Å²) in [4.78, 5) is 0. The van der Waals surface area contributed by atoms with Gasteiger partial charge < -0.3 is 25.5 Å². The van der Waals surface area contributed by atoms with Crippen LogP contribution in [-0.4, -0.2) is 28.0 Å². The standard InChI is InChI=1S/5C4H9O.V/c5*1-4(2,3)5;/h5*1-3H3;/q5*-1;+5. The van der Waals surface area contributed by atoms with Gasteiger partial charge in [-0.1, -0.05) is 104 Å². The van der Waals surface area contributed by atoms with Gasteiger partial charge in [0.05, 0.1) is 0 Å². The molecule has 0 atom stereocenters. The van der Waals surface area contributed by atoms with Crippen LogP contribution in [0.4, 0.5) is 0 Å². The summed E-state index contributed by atoms with van der Waals surface area (Å²) >= 11 is 0. The summed E-state index contributed by atoms with van der Waals surface area (Å²) in [5.74, 6) is 0. The molecule has 0 rings (SSSR count). The van der Waals surface area contributed by atoms with Crippen molar-refractivity contribution in [2.24, 2.45) is 0 Å². The predicted molar refractivity (Wildman–Crippen MR) is 98.8 cm³/mol. The Morgan fingerprint density at radius 3 is 0.269 bits per heavy atom. The average Bonchev–Trinajstić information content (AvgIpc) is 1.79. The van der Waals surface area contributed by atoms with Crippen LogP contribution in [0.3, 0.4) is 0 Å². The van der Waals surface area contributed by atoms with E-state index in [1.807, 2.05) is 0 Å². The number of rotatable bonds is 0. The molecule has 5 nitrogen and oxygen atoms in total. The van der Waals surface area contributed by atoms with Gasteiger partial charge in [-0.25, -0.2) is 0 Å². The second-order valence-corrected chi connectivity index (χ2v) is 10.6. The largest absolute Gasteiger partial charge is 5.00 e. The van der Waals surface area contributed by atoms with Crippen molar-refractivity contribution in [3.05, 3.63) is 0 Å². The molecule has 0 saturated carbocycles. The van der Waals surface area contributed by atoms with E-state index in [1.54, 1.807) is 104 Å².